The molecule has 3 aliphatic rings. The van der Waals surface area contributed by atoms with Gasteiger partial charge < -0.3 is 20.2 Å². The Bertz CT molecular complexity index is 1330. The molecule has 10 nitrogen and oxygen atoms in total. The van der Waals surface area contributed by atoms with Gasteiger partial charge in [-0.15, -0.1) is 0 Å². The van der Waals surface area contributed by atoms with Crippen LogP contribution in [0.4, 0.5) is 31.9 Å². The zero-order valence-corrected chi connectivity index (χ0v) is 22.2. The number of nitrogens with zero attached hydrogens (tertiary/aromatic N) is 4. The molecule has 1 aromatic carbocycles. The average molecular weight is 551 g/mol. The topological polar surface area (TPSA) is 128 Å². The first kappa shape index (κ1) is 26.5. The molecule has 1 saturated carbocycles. The zero-order chi connectivity index (χ0) is 27.3. The third-order valence-electron chi connectivity index (χ3n) is 7.62. The van der Waals surface area contributed by atoms with Crippen LogP contribution < -0.4 is 19.8 Å². The van der Waals surface area contributed by atoms with Crippen molar-refractivity contribution in [2.45, 2.75) is 50.7 Å². The Morgan fingerprint density at radius 2 is 1.79 bits per heavy atom. The van der Waals surface area contributed by atoms with E-state index in [2.05, 4.69) is 24.9 Å². The molecule has 1 aliphatic carbocycles. The number of aliphatic hydroxyl groups excluding tert-OH is 1. The second kappa shape index (κ2) is 9.60. The van der Waals surface area contributed by atoms with E-state index in [1.807, 2.05) is 0 Å². The third-order valence-corrected chi connectivity index (χ3v) is 9.35. The molecule has 0 radical (unpaired) electrons. The van der Waals surface area contributed by atoms with E-state index in [4.69, 9.17) is 0 Å². The molecule has 3 N–H and O–H groups in total. The maximum absolute atomic E-state index is 13.4. The monoisotopic (exact) mass is 550 g/mol. The second-order valence-corrected chi connectivity index (χ2v) is 12.8. The van der Waals surface area contributed by atoms with Crippen molar-refractivity contribution in [2.75, 3.05) is 52.6 Å². The lowest BCUT2D eigenvalue weighted by molar-refractivity contribution is -0.0271. The Labute approximate surface area is 220 Å². The van der Waals surface area contributed by atoms with Gasteiger partial charge in [-0.05, 0) is 63.1 Å². The number of anilines is 4. The Balaban J connectivity index is 1.41. The molecule has 2 aromatic rings. The van der Waals surface area contributed by atoms with Crippen LogP contribution in [0.5, 0.6) is 0 Å². The summed E-state index contributed by atoms with van der Waals surface area (Å²) >= 11 is 0. The molecular formula is C25H32F2N6O4S. The summed E-state index contributed by atoms with van der Waals surface area (Å²) in [7, 11) is -3.82. The lowest BCUT2D eigenvalue weighted by Crippen LogP contribution is -2.57. The van der Waals surface area contributed by atoms with Gasteiger partial charge in [0.15, 0.2) is 0 Å². The van der Waals surface area contributed by atoms with Crippen LogP contribution >= 0.6 is 0 Å². The molecule has 206 valence electrons. The molecule has 2 saturated heterocycles. The number of alkyl halides is 2. The average Bonchev–Trinajstić information content (AvgIpc) is 3.60. The van der Waals surface area contributed by atoms with Crippen molar-refractivity contribution in [3.8, 4) is 0 Å². The number of hydrogen-bond donors (Lipinski definition) is 3. The van der Waals surface area contributed by atoms with Gasteiger partial charge in [-0.2, -0.15) is 4.98 Å². The van der Waals surface area contributed by atoms with Crippen molar-refractivity contribution < 1.29 is 27.1 Å². The SMILES string of the molecule is Cc1cc(NC(=O)c2ccc(NS(=O)(=O)[C@@H](C)CO)cc2N2CCC3(CC2)CC3)nc(N2CC(F)(F)C2)n1. The van der Waals surface area contributed by atoms with Gasteiger partial charge in [0.2, 0.25) is 16.0 Å². The van der Waals surface area contributed by atoms with Gasteiger partial charge in [0.1, 0.15) is 11.1 Å². The molecule has 5 rings (SSSR count). The van der Waals surface area contributed by atoms with Crippen LogP contribution in [0.2, 0.25) is 0 Å². The standard InChI is InChI=1S/C25H32F2N6O4S/c1-16-11-21(30-23(28-16)33-14-25(26,27)15-33)29-22(35)19-4-3-18(31-38(36,37)17(2)13-34)12-20(19)32-9-7-24(5-6-24)8-10-32/h3-4,11-12,17,31,34H,5-10,13-15H2,1-2H3,(H,28,29,30,35)/t17-/m0/s1. The number of aromatic nitrogens is 2. The highest BCUT2D eigenvalue weighted by molar-refractivity contribution is 7.93. The molecule has 1 spiro atoms. The number of carbonyl (C=O) groups is 1. The van der Waals surface area contributed by atoms with Crippen molar-refractivity contribution in [1.29, 1.82) is 0 Å². The fourth-order valence-corrected chi connectivity index (χ4v) is 5.76. The van der Waals surface area contributed by atoms with Crippen LogP contribution in [0.1, 0.15) is 48.7 Å². The van der Waals surface area contributed by atoms with E-state index >= 15 is 0 Å². The lowest BCUT2D eigenvalue weighted by atomic mass is 9.93. The van der Waals surface area contributed by atoms with Gasteiger partial charge in [0, 0.05) is 24.8 Å². The van der Waals surface area contributed by atoms with Gasteiger partial charge in [-0.25, -0.2) is 22.2 Å². The zero-order valence-electron chi connectivity index (χ0n) is 21.4. The van der Waals surface area contributed by atoms with Crippen molar-refractivity contribution in [2.24, 2.45) is 5.41 Å². The molecule has 3 heterocycles. The molecule has 3 fully saturated rings. The summed E-state index contributed by atoms with van der Waals surface area (Å²) in [6, 6.07) is 6.26. The van der Waals surface area contributed by atoms with E-state index in [-0.39, 0.29) is 11.8 Å². The first-order valence-electron chi connectivity index (χ1n) is 12.7. The van der Waals surface area contributed by atoms with E-state index < -0.39 is 46.8 Å². The molecule has 1 atom stereocenters. The van der Waals surface area contributed by atoms with E-state index in [0.29, 0.717) is 28.0 Å². The molecular weight excluding hydrogens is 518 g/mol. The Morgan fingerprint density at radius 1 is 1.11 bits per heavy atom. The van der Waals surface area contributed by atoms with Crippen LogP contribution in [-0.2, 0) is 10.0 Å². The Hall–Kier alpha value is -3.06. The summed E-state index contributed by atoms with van der Waals surface area (Å²) in [6.07, 6.45) is 4.43. The van der Waals surface area contributed by atoms with E-state index in [0.717, 1.165) is 25.9 Å². The van der Waals surface area contributed by atoms with Gasteiger partial charge in [0.05, 0.1) is 36.6 Å². The highest BCUT2D eigenvalue weighted by atomic mass is 32.2. The van der Waals surface area contributed by atoms with Crippen LogP contribution in [0, 0.1) is 12.3 Å². The quantitative estimate of drug-likeness (QED) is 0.458. The lowest BCUT2D eigenvalue weighted by Gasteiger charge is -2.38. The van der Waals surface area contributed by atoms with Gasteiger partial charge in [-0.1, -0.05) is 0 Å². The number of amides is 1. The highest BCUT2D eigenvalue weighted by Crippen LogP contribution is 2.54. The number of hydrogen-bond acceptors (Lipinski definition) is 8. The molecule has 1 amide bonds. The number of benzene rings is 1. The molecule has 0 unspecified atom stereocenters. The number of aryl methyl sites for hydroxylation is 1. The number of rotatable bonds is 8. The molecule has 0 bridgehead atoms. The van der Waals surface area contributed by atoms with Crippen molar-refractivity contribution in [3.05, 3.63) is 35.5 Å². The Kier molecular flexibility index (Phi) is 6.70. The smallest absolute Gasteiger partial charge is 0.282 e. The fourth-order valence-electron chi connectivity index (χ4n) is 4.91. The van der Waals surface area contributed by atoms with Crippen molar-refractivity contribution >= 4 is 39.1 Å². The van der Waals surface area contributed by atoms with E-state index in [1.165, 1.54) is 30.7 Å². The first-order chi connectivity index (χ1) is 17.9. The first-order valence-corrected chi connectivity index (χ1v) is 14.2. The highest BCUT2D eigenvalue weighted by Gasteiger charge is 2.46. The summed E-state index contributed by atoms with van der Waals surface area (Å²) < 4.78 is 54.3. The largest absolute Gasteiger partial charge is 0.395 e. The van der Waals surface area contributed by atoms with Crippen LogP contribution in [-0.4, -0.2) is 73.4 Å². The van der Waals surface area contributed by atoms with Crippen LogP contribution in [0.3, 0.4) is 0 Å². The summed E-state index contributed by atoms with van der Waals surface area (Å²) in [4.78, 5) is 25.4. The molecule has 2 aliphatic heterocycles. The van der Waals surface area contributed by atoms with E-state index in [9.17, 15) is 27.1 Å². The summed E-state index contributed by atoms with van der Waals surface area (Å²) in [5, 5.41) is 11.1. The maximum Gasteiger partial charge on any atom is 0.282 e. The van der Waals surface area contributed by atoms with Gasteiger partial charge >= 0.3 is 0 Å². The van der Waals surface area contributed by atoms with Crippen molar-refractivity contribution in [1.82, 2.24) is 9.97 Å². The summed E-state index contributed by atoms with van der Waals surface area (Å²) in [5.41, 5.74) is 2.14. The minimum atomic E-state index is -3.82. The Morgan fingerprint density at radius 3 is 2.39 bits per heavy atom. The number of piperidine rings is 1. The third kappa shape index (κ3) is 5.53. The number of aliphatic hydroxyl groups is 1. The van der Waals surface area contributed by atoms with Crippen LogP contribution in [0.25, 0.3) is 0 Å². The van der Waals surface area contributed by atoms with E-state index in [1.54, 1.807) is 25.1 Å². The molecule has 38 heavy (non-hydrogen) atoms. The normalized spacial score (nSPS) is 20.6. The number of halogens is 2. The second-order valence-electron chi connectivity index (χ2n) is 10.7. The number of sulfonamides is 1. The van der Waals surface area contributed by atoms with Gasteiger partial charge in [0.25, 0.3) is 11.8 Å². The summed E-state index contributed by atoms with van der Waals surface area (Å²) in [5.74, 6) is -2.92. The number of nitrogens with one attached hydrogen (secondary N) is 2. The molecule has 1 aromatic heterocycles. The molecule has 13 heteroatoms. The fraction of sp³-hybridized carbons (Fsp3) is 0.560. The predicted octanol–water partition coefficient (Wildman–Crippen LogP) is 3.00. The van der Waals surface area contributed by atoms with Crippen molar-refractivity contribution in [3.63, 3.8) is 0 Å². The minimum Gasteiger partial charge on any atom is -0.395 e. The van der Waals surface area contributed by atoms with Gasteiger partial charge in [-0.3, -0.25) is 9.52 Å². The summed E-state index contributed by atoms with van der Waals surface area (Å²) in [6.45, 7) is 3.11. The minimum absolute atomic E-state index is 0.125. The van der Waals surface area contributed by atoms with Crippen LogP contribution in [0.15, 0.2) is 24.3 Å². The maximum atomic E-state index is 13.4. The predicted molar refractivity (Wildman–Crippen MR) is 141 cm³/mol. The number of carbonyl (C=O) groups excluding carboxylic acids is 1.